The predicted octanol–water partition coefficient (Wildman–Crippen LogP) is 1.86. The minimum atomic E-state index is -0.0827. The molecule has 0 fully saturated rings. The van der Waals surface area contributed by atoms with Crippen LogP contribution in [0.3, 0.4) is 0 Å². The Bertz CT molecular complexity index is 336. The van der Waals surface area contributed by atoms with Crippen molar-refractivity contribution in [3.8, 4) is 5.75 Å². The zero-order chi connectivity index (χ0) is 10.0. The van der Waals surface area contributed by atoms with Gasteiger partial charge in [-0.25, -0.2) is 0 Å². The van der Waals surface area contributed by atoms with Gasteiger partial charge in [-0.1, -0.05) is 0 Å². The lowest BCUT2D eigenvalue weighted by Crippen LogP contribution is -2.21. The summed E-state index contributed by atoms with van der Waals surface area (Å²) in [6, 6.07) is 4.67. The number of hydrogen-bond acceptors (Lipinski definition) is 2. The van der Waals surface area contributed by atoms with E-state index in [1.54, 1.807) is 26.2 Å². The molecule has 0 saturated heterocycles. The van der Waals surface area contributed by atoms with Crippen molar-refractivity contribution < 1.29 is 9.90 Å². The summed E-state index contributed by atoms with van der Waals surface area (Å²) in [6.07, 6.45) is 0. The predicted molar refractivity (Wildman–Crippen MR) is 53.8 cm³/mol. The molecule has 0 unspecified atom stereocenters. The van der Waals surface area contributed by atoms with Gasteiger partial charge in [0.05, 0.1) is 4.47 Å². The standard InChI is InChI=1S/C9H10BrNO2/c1-11(2)9(13)6-3-4-8(12)7(10)5-6/h3-5,12H,1-2H3. The largest absolute Gasteiger partial charge is 0.507 e. The number of phenolic OH excluding ortho intramolecular Hbond substituents is 1. The topological polar surface area (TPSA) is 40.5 Å². The summed E-state index contributed by atoms with van der Waals surface area (Å²) in [5, 5.41) is 9.19. The van der Waals surface area contributed by atoms with Crippen LogP contribution in [-0.4, -0.2) is 30.0 Å². The van der Waals surface area contributed by atoms with Gasteiger partial charge in [-0.05, 0) is 34.1 Å². The molecule has 0 aliphatic rings. The van der Waals surface area contributed by atoms with E-state index in [1.165, 1.54) is 11.0 Å². The Morgan fingerprint density at radius 2 is 2.08 bits per heavy atom. The number of benzene rings is 1. The number of phenols is 1. The van der Waals surface area contributed by atoms with Crippen molar-refractivity contribution in [2.45, 2.75) is 0 Å². The second-order valence-electron chi connectivity index (χ2n) is 2.87. The van der Waals surface area contributed by atoms with E-state index in [2.05, 4.69) is 15.9 Å². The van der Waals surface area contributed by atoms with E-state index < -0.39 is 0 Å². The van der Waals surface area contributed by atoms with Gasteiger partial charge < -0.3 is 10.0 Å². The number of rotatable bonds is 1. The zero-order valence-electron chi connectivity index (χ0n) is 7.41. The van der Waals surface area contributed by atoms with Crippen molar-refractivity contribution in [1.82, 2.24) is 4.90 Å². The van der Waals surface area contributed by atoms with Crippen LogP contribution in [-0.2, 0) is 0 Å². The molecule has 0 aliphatic carbocycles. The van der Waals surface area contributed by atoms with Gasteiger partial charge in [0.25, 0.3) is 5.91 Å². The summed E-state index contributed by atoms with van der Waals surface area (Å²) in [5.74, 6) is 0.0519. The van der Waals surface area contributed by atoms with Gasteiger partial charge in [0, 0.05) is 19.7 Å². The molecule has 0 atom stereocenters. The molecule has 0 bridgehead atoms. The Morgan fingerprint density at radius 3 is 2.54 bits per heavy atom. The van der Waals surface area contributed by atoms with Crippen LogP contribution < -0.4 is 0 Å². The molecule has 0 spiro atoms. The van der Waals surface area contributed by atoms with Crippen LogP contribution in [0.25, 0.3) is 0 Å². The summed E-state index contributed by atoms with van der Waals surface area (Å²) < 4.78 is 0.528. The van der Waals surface area contributed by atoms with Crippen molar-refractivity contribution in [2.24, 2.45) is 0 Å². The van der Waals surface area contributed by atoms with Gasteiger partial charge in [-0.15, -0.1) is 0 Å². The molecule has 0 aromatic heterocycles. The van der Waals surface area contributed by atoms with Gasteiger partial charge in [0.2, 0.25) is 0 Å². The molecule has 70 valence electrons. The molecule has 1 aromatic rings. The lowest BCUT2D eigenvalue weighted by molar-refractivity contribution is 0.0827. The summed E-state index contributed by atoms with van der Waals surface area (Å²) in [6.45, 7) is 0. The lowest BCUT2D eigenvalue weighted by Gasteiger charge is -2.10. The maximum atomic E-state index is 11.4. The van der Waals surface area contributed by atoms with Gasteiger partial charge in [-0.3, -0.25) is 4.79 Å². The molecule has 1 amide bonds. The Morgan fingerprint density at radius 1 is 1.46 bits per heavy atom. The van der Waals surface area contributed by atoms with E-state index >= 15 is 0 Å². The molecule has 4 heteroatoms. The quantitative estimate of drug-likeness (QED) is 0.819. The number of hydrogen-bond donors (Lipinski definition) is 1. The normalized spacial score (nSPS) is 9.77. The van der Waals surface area contributed by atoms with Crippen molar-refractivity contribution in [3.05, 3.63) is 28.2 Å². The van der Waals surface area contributed by atoms with Crippen LogP contribution in [0, 0.1) is 0 Å². The van der Waals surface area contributed by atoms with Crippen LogP contribution in [0.15, 0.2) is 22.7 Å². The Labute approximate surface area is 85.1 Å². The SMILES string of the molecule is CN(C)C(=O)c1ccc(O)c(Br)c1. The molecule has 0 aliphatic heterocycles. The maximum absolute atomic E-state index is 11.4. The highest BCUT2D eigenvalue weighted by molar-refractivity contribution is 9.10. The summed E-state index contributed by atoms with van der Waals surface area (Å²) in [4.78, 5) is 12.9. The fourth-order valence-corrected chi connectivity index (χ4v) is 1.28. The van der Waals surface area contributed by atoms with Crippen molar-refractivity contribution in [1.29, 1.82) is 0 Å². The van der Waals surface area contributed by atoms with Crippen molar-refractivity contribution in [2.75, 3.05) is 14.1 Å². The fourth-order valence-electron chi connectivity index (χ4n) is 0.898. The second-order valence-corrected chi connectivity index (χ2v) is 3.72. The first-order chi connectivity index (χ1) is 6.02. The van der Waals surface area contributed by atoms with E-state index in [0.717, 1.165) is 0 Å². The van der Waals surface area contributed by atoms with E-state index in [4.69, 9.17) is 0 Å². The molecule has 0 radical (unpaired) electrons. The first-order valence-electron chi connectivity index (χ1n) is 3.72. The summed E-state index contributed by atoms with van der Waals surface area (Å²) >= 11 is 3.14. The number of nitrogens with zero attached hydrogens (tertiary/aromatic N) is 1. The molecule has 0 saturated carbocycles. The van der Waals surface area contributed by atoms with Crippen LogP contribution in [0.4, 0.5) is 0 Å². The van der Waals surface area contributed by atoms with Gasteiger partial charge in [0.1, 0.15) is 5.75 Å². The highest BCUT2D eigenvalue weighted by atomic mass is 79.9. The summed E-state index contributed by atoms with van der Waals surface area (Å²) in [5.41, 5.74) is 0.551. The molecule has 3 nitrogen and oxygen atoms in total. The van der Waals surface area contributed by atoms with Gasteiger partial charge in [0.15, 0.2) is 0 Å². The first-order valence-corrected chi connectivity index (χ1v) is 4.52. The van der Waals surface area contributed by atoms with Gasteiger partial charge in [-0.2, -0.15) is 0 Å². The van der Waals surface area contributed by atoms with E-state index in [9.17, 15) is 9.90 Å². The average molecular weight is 244 g/mol. The van der Waals surface area contributed by atoms with Crippen LogP contribution >= 0.6 is 15.9 Å². The number of carbonyl (C=O) groups excluding carboxylic acids is 1. The molecular formula is C9H10BrNO2. The molecule has 1 N–H and O–H groups in total. The van der Waals surface area contributed by atoms with Crippen molar-refractivity contribution in [3.63, 3.8) is 0 Å². The third kappa shape index (κ3) is 2.21. The molecular weight excluding hydrogens is 234 g/mol. The smallest absolute Gasteiger partial charge is 0.253 e. The first kappa shape index (κ1) is 10.1. The van der Waals surface area contributed by atoms with Crippen molar-refractivity contribution >= 4 is 21.8 Å². The minimum Gasteiger partial charge on any atom is -0.507 e. The second kappa shape index (κ2) is 3.79. The van der Waals surface area contributed by atoms with E-state index in [0.29, 0.717) is 10.0 Å². The molecule has 1 rings (SSSR count). The zero-order valence-corrected chi connectivity index (χ0v) is 9.00. The van der Waals surface area contributed by atoms with E-state index in [1.807, 2.05) is 0 Å². The molecule has 0 heterocycles. The number of carbonyl (C=O) groups is 1. The Kier molecular flexibility index (Phi) is 2.93. The van der Waals surface area contributed by atoms with Crippen LogP contribution in [0.1, 0.15) is 10.4 Å². The number of amides is 1. The maximum Gasteiger partial charge on any atom is 0.253 e. The van der Waals surface area contributed by atoms with E-state index in [-0.39, 0.29) is 11.7 Å². The number of halogens is 1. The fraction of sp³-hybridized carbons (Fsp3) is 0.222. The highest BCUT2D eigenvalue weighted by Gasteiger charge is 2.09. The third-order valence-electron chi connectivity index (χ3n) is 1.60. The molecule has 1 aromatic carbocycles. The number of aromatic hydroxyl groups is 1. The third-order valence-corrected chi connectivity index (χ3v) is 2.24. The summed E-state index contributed by atoms with van der Waals surface area (Å²) in [7, 11) is 3.37. The minimum absolute atomic E-state index is 0.0827. The van der Waals surface area contributed by atoms with Gasteiger partial charge >= 0.3 is 0 Å². The van der Waals surface area contributed by atoms with Crippen LogP contribution in [0.5, 0.6) is 5.75 Å². The average Bonchev–Trinajstić information content (AvgIpc) is 2.08. The Balaban J connectivity index is 3.04. The molecule has 13 heavy (non-hydrogen) atoms. The lowest BCUT2D eigenvalue weighted by atomic mass is 10.2. The Hall–Kier alpha value is -1.03. The van der Waals surface area contributed by atoms with Crippen LogP contribution in [0.2, 0.25) is 0 Å². The monoisotopic (exact) mass is 243 g/mol. The highest BCUT2D eigenvalue weighted by Crippen LogP contribution is 2.24.